The minimum absolute atomic E-state index is 0.232. The van der Waals surface area contributed by atoms with E-state index in [0.29, 0.717) is 0 Å². The predicted molar refractivity (Wildman–Crippen MR) is 49.7 cm³/mol. The van der Waals surface area contributed by atoms with Gasteiger partial charge in [-0.05, 0) is 33.6 Å². The van der Waals surface area contributed by atoms with Gasteiger partial charge in [0.2, 0.25) is 0 Å². The first-order chi connectivity index (χ1) is 5.34. The topological polar surface area (TPSA) is 60.2 Å². The Hall–Kier alpha value is -0.0900. The van der Waals surface area contributed by atoms with E-state index in [9.17, 15) is 8.42 Å². The molecule has 1 aliphatic rings. The molecule has 0 aromatic rings. The highest BCUT2D eigenvalue weighted by Crippen LogP contribution is 2.47. The average molecular weight is 191 g/mol. The Labute approximate surface area is 74.3 Å². The minimum Gasteiger partial charge on any atom is -0.327 e. The number of sulfone groups is 1. The van der Waals surface area contributed by atoms with Crippen LogP contribution in [0.3, 0.4) is 0 Å². The molecule has 1 rings (SSSR count). The minimum atomic E-state index is -2.99. The number of hydrogen-bond donors (Lipinski definition) is 1. The largest absolute Gasteiger partial charge is 0.327 e. The highest BCUT2D eigenvalue weighted by molar-refractivity contribution is 7.93. The fourth-order valence-electron chi connectivity index (χ4n) is 1.59. The molecule has 72 valence electrons. The van der Waals surface area contributed by atoms with Crippen LogP contribution in [-0.4, -0.2) is 24.5 Å². The lowest BCUT2D eigenvalue weighted by Gasteiger charge is -2.22. The van der Waals surface area contributed by atoms with Gasteiger partial charge in [-0.15, -0.1) is 0 Å². The second-order valence-electron chi connectivity index (χ2n) is 3.95. The molecule has 1 fully saturated rings. The van der Waals surface area contributed by atoms with Gasteiger partial charge in [-0.3, -0.25) is 0 Å². The summed E-state index contributed by atoms with van der Waals surface area (Å²) in [4.78, 5) is 0. The van der Waals surface area contributed by atoms with E-state index in [-0.39, 0.29) is 11.3 Å². The molecule has 0 radical (unpaired) electrons. The van der Waals surface area contributed by atoms with Crippen LogP contribution in [0, 0.1) is 0 Å². The zero-order chi connectivity index (χ0) is 9.57. The molecule has 1 unspecified atom stereocenters. The van der Waals surface area contributed by atoms with Gasteiger partial charge in [0.1, 0.15) is 0 Å². The Bertz CT molecular complexity index is 263. The zero-order valence-corrected chi connectivity index (χ0v) is 8.69. The van der Waals surface area contributed by atoms with Crippen LogP contribution < -0.4 is 5.73 Å². The van der Waals surface area contributed by atoms with Crippen LogP contribution in [0.5, 0.6) is 0 Å². The first-order valence-electron chi connectivity index (χ1n) is 4.33. The van der Waals surface area contributed by atoms with Crippen molar-refractivity contribution in [2.45, 2.75) is 49.7 Å². The molecule has 2 N–H and O–H groups in total. The van der Waals surface area contributed by atoms with Gasteiger partial charge in [-0.1, -0.05) is 0 Å². The molecule has 3 nitrogen and oxygen atoms in total. The molecule has 0 aromatic carbocycles. The van der Waals surface area contributed by atoms with Gasteiger partial charge in [-0.25, -0.2) is 8.42 Å². The van der Waals surface area contributed by atoms with Gasteiger partial charge in [-0.2, -0.15) is 0 Å². The Morgan fingerprint density at radius 1 is 1.25 bits per heavy atom. The monoisotopic (exact) mass is 191 g/mol. The second kappa shape index (κ2) is 2.70. The third kappa shape index (κ3) is 1.17. The number of nitrogens with two attached hydrogens (primary N) is 1. The second-order valence-corrected chi connectivity index (χ2v) is 6.79. The fourth-order valence-corrected chi connectivity index (χ4v) is 3.72. The van der Waals surface area contributed by atoms with Crippen LogP contribution in [0.1, 0.15) is 33.6 Å². The lowest BCUT2D eigenvalue weighted by Crippen LogP contribution is -2.43. The molecule has 0 amide bonds. The van der Waals surface area contributed by atoms with Gasteiger partial charge in [0.25, 0.3) is 0 Å². The molecule has 1 atom stereocenters. The first kappa shape index (κ1) is 9.99. The number of rotatable bonds is 3. The van der Waals surface area contributed by atoms with E-state index >= 15 is 0 Å². The van der Waals surface area contributed by atoms with Crippen molar-refractivity contribution in [2.75, 3.05) is 0 Å². The van der Waals surface area contributed by atoms with Gasteiger partial charge < -0.3 is 5.73 Å². The summed E-state index contributed by atoms with van der Waals surface area (Å²) in [5.41, 5.74) is 5.68. The molecule has 0 bridgehead atoms. The van der Waals surface area contributed by atoms with E-state index in [1.165, 1.54) is 0 Å². The van der Waals surface area contributed by atoms with Gasteiger partial charge in [0.05, 0.1) is 10.00 Å². The first-order valence-corrected chi connectivity index (χ1v) is 5.88. The molecular formula is C8H17NO2S. The molecule has 1 saturated carbocycles. The lowest BCUT2D eigenvalue weighted by atomic mass is 10.2. The summed E-state index contributed by atoms with van der Waals surface area (Å²) in [5, 5.41) is -0.300. The Morgan fingerprint density at radius 3 is 1.75 bits per heavy atom. The van der Waals surface area contributed by atoms with Crippen LogP contribution in [0.25, 0.3) is 0 Å². The average Bonchev–Trinajstić information content (AvgIpc) is 2.64. The lowest BCUT2D eigenvalue weighted by molar-refractivity contribution is 0.546. The maximum absolute atomic E-state index is 11.8. The highest BCUT2D eigenvalue weighted by Gasteiger charge is 2.57. The molecule has 0 saturated heterocycles. The van der Waals surface area contributed by atoms with Crippen molar-refractivity contribution in [3.63, 3.8) is 0 Å². The van der Waals surface area contributed by atoms with E-state index in [2.05, 4.69) is 0 Å². The maximum Gasteiger partial charge on any atom is 0.159 e. The van der Waals surface area contributed by atoms with E-state index in [1.54, 1.807) is 20.8 Å². The van der Waals surface area contributed by atoms with Crippen molar-refractivity contribution in [1.29, 1.82) is 0 Å². The molecule has 1 aliphatic carbocycles. The summed E-state index contributed by atoms with van der Waals surface area (Å²) in [6.07, 6.45) is 1.48. The van der Waals surface area contributed by atoms with Gasteiger partial charge in [0.15, 0.2) is 9.84 Å². The molecule has 0 aliphatic heterocycles. The van der Waals surface area contributed by atoms with Crippen molar-refractivity contribution in [3.8, 4) is 0 Å². The third-order valence-corrected chi connectivity index (χ3v) is 5.91. The quantitative estimate of drug-likeness (QED) is 0.714. The molecule has 0 spiro atoms. The maximum atomic E-state index is 11.8. The summed E-state index contributed by atoms with van der Waals surface area (Å²) in [6.45, 7) is 5.22. The third-order valence-electron chi connectivity index (χ3n) is 2.76. The van der Waals surface area contributed by atoms with Gasteiger partial charge >= 0.3 is 0 Å². The summed E-state index contributed by atoms with van der Waals surface area (Å²) < 4.78 is 23.0. The van der Waals surface area contributed by atoms with E-state index in [1.807, 2.05) is 0 Å². The smallest absolute Gasteiger partial charge is 0.159 e. The molecule has 0 aromatic heterocycles. The molecule has 12 heavy (non-hydrogen) atoms. The summed E-state index contributed by atoms with van der Waals surface area (Å²) in [7, 11) is -2.99. The Morgan fingerprint density at radius 2 is 1.67 bits per heavy atom. The molecular weight excluding hydrogens is 174 g/mol. The van der Waals surface area contributed by atoms with Crippen molar-refractivity contribution in [2.24, 2.45) is 5.73 Å². The molecule has 4 heteroatoms. The Kier molecular flexibility index (Phi) is 2.25. The zero-order valence-electron chi connectivity index (χ0n) is 7.87. The van der Waals surface area contributed by atoms with E-state index < -0.39 is 14.6 Å². The van der Waals surface area contributed by atoms with Crippen molar-refractivity contribution in [1.82, 2.24) is 0 Å². The van der Waals surface area contributed by atoms with Crippen LogP contribution in [0.2, 0.25) is 0 Å². The predicted octanol–water partition coefficient (Wildman–Crippen LogP) is 0.689. The van der Waals surface area contributed by atoms with Crippen molar-refractivity contribution in [3.05, 3.63) is 0 Å². The molecule has 0 heterocycles. The van der Waals surface area contributed by atoms with Crippen LogP contribution in [0.15, 0.2) is 0 Å². The number of hydrogen-bond acceptors (Lipinski definition) is 3. The standard InChI is InChI=1S/C8H17NO2S/c1-6(2)12(10,11)8(4-5-8)7(3)9/h6-7H,4-5,9H2,1-3H3. The van der Waals surface area contributed by atoms with Crippen LogP contribution >= 0.6 is 0 Å². The summed E-state index contributed by atoms with van der Waals surface area (Å²) >= 11 is 0. The summed E-state index contributed by atoms with van der Waals surface area (Å²) in [5.74, 6) is 0. The normalized spacial score (nSPS) is 24.1. The Balaban J connectivity index is 2.97. The van der Waals surface area contributed by atoms with E-state index in [0.717, 1.165) is 12.8 Å². The van der Waals surface area contributed by atoms with Gasteiger partial charge in [0, 0.05) is 6.04 Å². The van der Waals surface area contributed by atoms with Crippen molar-refractivity contribution >= 4 is 9.84 Å². The summed E-state index contributed by atoms with van der Waals surface area (Å²) in [6, 6.07) is -0.232. The van der Waals surface area contributed by atoms with E-state index in [4.69, 9.17) is 5.73 Å². The fraction of sp³-hybridized carbons (Fsp3) is 1.00. The van der Waals surface area contributed by atoms with Crippen LogP contribution in [-0.2, 0) is 9.84 Å². The SMILES string of the molecule is CC(N)C1(S(=O)(=O)C(C)C)CC1. The van der Waals surface area contributed by atoms with Crippen molar-refractivity contribution < 1.29 is 8.42 Å². The highest BCUT2D eigenvalue weighted by atomic mass is 32.2. The van der Waals surface area contributed by atoms with Crippen LogP contribution in [0.4, 0.5) is 0 Å².